The van der Waals surface area contributed by atoms with Crippen LogP contribution in [-0.4, -0.2) is 6.04 Å². The summed E-state index contributed by atoms with van der Waals surface area (Å²) in [5, 5.41) is 3.08. The Bertz CT molecular complexity index is 350. The summed E-state index contributed by atoms with van der Waals surface area (Å²) >= 11 is 0. The summed E-state index contributed by atoms with van der Waals surface area (Å²) in [6, 6.07) is 2.27. The molecule has 1 saturated carbocycles. The first-order chi connectivity index (χ1) is 7.66. The molecule has 0 amide bonds. The molecule has 0 heterocycles. The highest BCUT2D eigenvalue weighted by Crippen LogP contribution is 2.28. The molecule has 0 atom stereocenters. The molecule has 0 radical (unpaired) electrons. The molecule has 1 aliphatic carbocycles. The van der Waals surface area contributed by atoms with Gasteiger partial charge in [-0.05, 0) is 18.9 Å². The number of benzene rings is 1. The van der Waals surface area contributed by atoms with Gasteiger partial charge in [-0.1, -0.05) is 19.3 Å². The van der Waals surface area contributed by atoms with E-state index in [0.29, 0.717) is 0 Å². The van der Waals surface area contributed by atoms with E-state index in [4.69, 9.17) is 5.73 Å². The summed E-state index contributed by atoms with van der Waals surface area (Å²) < 4.78 is 26.3. The first-order valence-corrected chi connectivity index (χ1v) is 5.68. The fraction of sp³-hybridized carbons (Fsp3) is 0.500. The zero-order valence-electron chi connectivity index (χ0n) is 9.10. The average molecular weight is 226 g/mol. The van der Waals surface area contributed by atoms with E-state index in [9.17, 15) is 8.78 Å². The average Bonchev–Trinajstić information content (AvgIpc) is 2.25. The molecule has 0 saturated heterocycles. The highest BCUT2D eigenvalue weighted by Gasteiger charge is 2.16. The minimum absolute atomic E-state index is 0.142. The fourth-order valence-electron chi connectivity index (χ4n) is 2.20. The van der Waals surface area contributed by atoms with Crippen LogP contribution < -0.4 is 11.1 Å². The molecule has 2 nitrogen and oxygen atoms in total. The molecular weight excluding hydrogens is 210 g/mol. The number of nitrogen functional groups attached to an aromatic ring is 1. The number of anilines is 2. The quantitative estimate of drug-likeness (QED) is 0.759. The van der Waals surface area contributed by atoms with Crippen LogP contribution in [0.5, 0.6) is 0 Å². The van der Waals surface area contributed by atoms with Crippen molar-refractivity contribution in [1.82, 2.24) is 0 Å². The third-order valence-corrected chi connectivity index (χ3v) is 3.04. The fourth-order valence-corrected chi connectivity index (χ4v) is 2.20. The summed E-state index contributed by atoms with van der Waals surface area (Å²) in [5.41, 5.74) is 5.98. The van der Waals surface area contributed by atoms with Crippen LogP contribution in [0.3, 0.4) is 0 Å². The maximum absolute atomic E-state index is 13.5. The van der Waals surface area contributed by atoms with Crippen LogP contribution in [0.1, 0.15) is 32.1 Å². The maximum atomic E-state index is 13.5. The van der Waals surface area contributed by atoms with Crippen LogP contribution in [-0.2, 0) is 0 Å². The van der Waals surface area contributed by atoms with Gasteiger partial charge in [0.05, 0.1) is 11.4 Å². The molecule has 0 bridgehead atoms. The van der Waals surface area contributed by atoms with E-state index in [-0.39, 0.29) is 17.4 Å². The molecule has 4 heteroatoms. The van der Waals surface area contributed by atoms with Crippen molar-refractivity contribution in [2.24, 2.45) is 0 Å². The van der Waals surface area contributed by atoms with Crippen LogP contribution in [0.4, 0.5) is 20.2 Å². The number of nitrogens with two attached hydrogens (primary N) is 1. The smallest absolute Gasteiger partial charge is 0.151 e. The van der Waals surface area contributed by atoms with E-state index in [2.05, 4.69) is 5.32 Å². The Balaban J connectivity index is 2.14. The van der Waals surface area contributed by atoms with Gasteiger partial charge in [-0.15, -0.1) is 0 Å². The van der Waals surface area contributed by atoms with Gasteiger partial charge in [-0.2, -0.15) is 0 Å². The van der Waals surface area contributed by atoms with Gasteiger partial charge in [-0.25, -0.2) is 8.78 Å². The van der Waals surface area contributed by atoms with Crippen LogP contribution in [0.2, 0.25) is 0 Å². The zero-order valence-corrected chi connectivity index (χ0v) is 9.10. The predicted octanol–water partition coefficient (Wildman–Crippen LogP) is 3.29. The molecule has 1 fully saturated rings. The second kappa shape index (κ2) is 4.68. The maximum Gasteiger partial charge on any atom is 0.151 e. The molecule has 1 aromatic rings. The Kier molecular flexibility index (Phi) is 3.27. The minimum Gasteiger partial charge on any atom is -0.397 e. The molecule has 0 aromatic heterocycles. The van der Waals surface area contributed by atoms with E-state index in [1.54, 1.807) is 0 Å². The standard InChI is InChI=1S/C12H16F2N2/c13-8-6-10(14)12(11(15)7-8)16-9-4-2-1-3-5-9/h6-7,9,16H,1-5,15H2. The van der Waals surface area contributed by atoms with Crippen LogP contribution in [0.15, 0.2) is 12.1 Å². The van der Waals surface area contributed by atoms with E-state index in [1.807, 2.05) is 0 Å². The molecular formula is C12H16F2N2. The molecule has 0 spiro atoms. The first kappa shape index (κ1) is 11.2. The van der Waals surface area contributed by atoms with Crippen LogP contribution in [0.25, 0.3) is 0 Å². The number of rotatable bonds is 2. The van der Waals surface area contributed by atoms with Crippen molar-refractivity contribution >= 4 is 11.4 Å². The van der Waals surface area contributed by atoms with Crippen molar-refractivity contribution in [2.75, 3.05) is 11.1 Å². The summed E-state index contributed by atoms with van der Waals surface area (Å²) in [6.07, 6.45) is 5.59. The largest absolute Gasteiger partial charge is 0.397 e. The number of hydrogen-bond acceptors (Lipinski definition) is 2. The van der Waals surface area contributed by atoms with Crippen molar-refractivity contribution in [2.45, 2.75) is 38.1 Å². The lowest BCUT2D eigenvalue weighted by Crippen LogP contribution is -2.23. The molecule has 1 aliphatic rings. The summed E-state index contributed by atoms with van der Waals surface area (Å²) in [4.78, 5) is 0. The molecule has 0 unspecified atom stereocenters. The van der Waals surface area contributed by atoms with Gasteiger partial charge < -0.3 is 11.1 Å². The molecule has 88 valence electrons. The van der Waals surface area contributed by atoms with Gasteiger partial charge in [0, 0.05) is 12.1 Å². The third-order valence-electron chi connectivity index (χ3n) is 3.04. The summed E-state index contributed by atoms with van der Waals surface area (Å²) in [7, 11) is 0. The summed E-state index contributed by atoms with van der Waals surface area (Å²) in [5.74, 6) is -1.24. The van der Waals surface area contributed by atoms with Gasteiger partial charge in [0.1, 0.15) is 5.82 Å². The topological polar surface area (TPSA) is 38.0 Å². The lowest BCUT2D eigenvalue weighted by molar-refractivity contribution is 0.460. The second-order valence-electron chi connectivity index (χ2n) is 4.33. The SMILES string of the molecule is Nc1cc(F)cc(F)c1NC1CCCCC1. The second-order valence-corrected chi connectivity index (χ2v) is 4.33. The molecule has 0 aliphatic heterocycles. The lowest BCUT2D eigenvalue weighted by atomic mass is 9.95. The Labute approximate surface area is 93.8 Å². The Morgan fingerprint density at radius 1 is 1.12 bits per heavy atom. The lowest BCUT2D eigenvalue weighted by Gasteiger charge is -2.24. The number of nitrogens with one attached hydrogen (secondary N) is 1. The number of halogens is 2. The van der Waals surface area contributed by atoms with Crippen molar-refractivity contribution in [3.05, 3.63) is 23.8 Å². The van der Waals surface area contributed by atoms with E-state index in [0.717, 1.165) is 37.8 Å². The van der Waals surface area contributed by atoms with Crippen molar-refractivity contribution in [3.8, 4) is 0 Å². The normalized spacial score (nSPS) is 17.4. The monoisotopic (exact) mass is 226 g/mol. The van der Waals surface area contributed by atoms with E-state index >= 15 is 0 Å². The van der Waals surface area contributed by atoms with Gasteiger partial charge in [0.25, 0.3) is 0 Å². The van der Waals surface area contributed by atoms with Crippen molar-refractivity contribution < 1.29 is 8.78 Å². The van der Waals surface area contributed by atoms with Gasteiger partial charge in [0.15, 0.2) is 5.82 Å². The van der Waals surface area contributed by atoms with E-state index < -0.39 is 11.6 Å². The molecule has 2 rings (SSSR count). The highest BCUT2D eigenvalue weighted by molar-refractivity contribution is 5.67. The zero-order chi connectivity index (χ0) is 11.5. The summed E-state index contributed by atoms with van der Waals surface area (Å²) in [6.45, 7) is 0. The third kappa shape index (κ3) is 2.43. The minimum atomic E-state index is -0.635. The van der Waals surface area contributed by atoms with Gasteiger partial charge in [0.2, 0.25) is 0 Å². The van der Waals surface area contributed by atoms with Crippen molar-refractivity contribution in [1.29, 1.82) is 0 Å². The Morgan fingerprint density at radius 3 is 2.44 bits per heavy atom. The molecule has 3 N–H and O–H groups in total. The Morgan fingerprint density at radius 2 is 1.81 bits per heavy atom. The molecule has 1 aromatic carbocycles. The van der Waals surface area contributed by atoms with Crippen molar-refractivity contribution in [3.63, 3.8) is 0 Å². The van der Waals surface area contributed by atoms with Crippen LogP contribution >= 0.6 is 0 Å². The van der Waals surface area contributed by atoms with Gasteiger partial charge >= 0.3 is 0 Å². The molecule has 16 heavy (non-hydrogen) atoms. The van der Waals surface area contributed by atoms with E-state index in [1.165, 1.54) is 6.42 Å². The highest BCUT2D eigenvalue weighted by atomic mass is 19.1. The first-order valence-electron chi connectivity index (χ1n) is 5.68. The Hall–Kier alpha value is -1.32. The number of hydrogen-bond donors (Lipinski definition) is 2. The van der Waals surface area contributed by atoms with Gasteiger partial charge in [-0.3, -0.25) is 0 Å². The van der Waals surface area contributed by atoms with Crippen LogP contribution in [0, 0.1) is 11.6 Å². The predicted molar refractivity (Wildman–Crippen MR) is 61.3 cm³/mol.